The molecule has 0 aromatic heterocycles. The van der Waals surface area contributed by atoms with Crippen LogP contribution < -0.4 is 10.5 Å². The van der Waals surface area contributed by atoms with Gasteiger partial charge in [0.2, 0.25) is 0 Å². The van der Waals surface area contributed by atoms with E-state index in [-0.39, 0.29) is 20.1 Å². The number of rotatable bonds is 2. The second-order valence-electron chi connectivity index (χ2n) is 4.07. The van der Waals surface area contributed by atoms with Crippen LogP contribution in [0.3, 0.4) is 0 Å². The van der Waals surface area contributed by atoms with Gasteiger partial charge >= 0.3 is 0 Å². The topological polar surface area (TPSA) is 18.5 Å². The summed E-state index contributed by atoms with van der Waals surface area (Å²) < 4.78 is 0. The summed E-state index contributed by atoms with van der Waals surface area (Å²) in [6.07, 6.45) is 3.31. The third-order valence-corrected chi connectivity index (χ3v) is 2.78. The van der Waals surface area contributed by atoms with Gasteiger partial charge in [0.1, 0.15) is 0 Å². The molecule has 0 atom stereocenters. The molecule has 1 aliphatic rings. The van der Waals surface area contributed by atoms with Crippen LogP contribution in [0.15, 0.2) is 54.6 Å². The van der Waals surface area contributed by atoms with Crippen LogP contribution in [0.2, 0.25) is 0 Å². The number of para-hydroxylation sites is 1. The van der Waals surface area contributed by atoms with E-state index in [1.807, 2.05) is 59.5 Å². The molecule has 3 nitrogen and oxygen atoms in total. The molecular weight excluding hydrogens is 414 g/mol. The maximum atomic E-state index is 3.31. The molecule has 2 aromatic carbocycles. The summed E-state index contributed by atoms with van der Waals surface area (Å²) in [5.41, 5.74) is 6.28. The normalized spacial score (nSPS) is 14.1. The first-order valence-corrected chi connectivity index (χ1v) is 5.80. The minimum absolute atomic E-state index is 0. The third kappa shape index (κ3) is 2.87. The fraction of sp³-hybridized carbons (Fsp3) is 0.0667. The molecule has 1 radical (unpaired) electrons. The van der Waals surface area contributed by atoms with Gasteiger partial charge in [0, 0.05) is 27.2 Å². The molecule has 99 valence electrons. The van der Waals surface area contributed by atoms with Crippen LogP contribution in [0, 0.1) is 12.3 Å². The standard InChI is InChI=1S/C15H13N3.Ir/c1-17-15(13-8-4-2-5-9-13)12-18(16-17)14-10-6-3-7-11-14;/h2-10,16H,1H3;/q-2;. The zero-order valence-corrected chi connectivity index (χ0v) is 12.8. The van der Waals surface area contributed by atoms with Gasteiger partial charge in [-0.25, -0.2) is 12.1 Å². The molecule has 0 saturated carbocycles. The van der Waals surface area contributed by atoms with E-state index in [2.05, 4.69) is 29.9 Å². The van der Waals surface area contributed by atoms with Crippen LogP contribution in [0.25, 0.3) is 5.70 Å². The first-order chi connectivity index (χ1) is 8.84. The van der Waals surface area contributed by atoms with Crippen LogP contribution >= 0.6 is 0 Å². The Hall–Kier alpha value is -1.61. The van der Waals surface area contributed by atoms with Crippen LogP contribution in [-0.2, 0) is 20.1 Å². The average molecular weight is 428 g/mol. The molecule has 1 N–H and O–H groups in total. The Morgan fingerprint density at radius 2 is 1.74 bits per heavy atom. The number of benzene rings is 2. The molecule has 2 aromatic rings. The zero-order chi connectivity index (χ0) is 12.4. The molecule has 0 aliphatic carbocycles. The van der Waals surface area contributed by atoms with E-state index in [0.29, 0.717) is 0 Å². The number of hydrazine groups is 2. The number of nitrogens with zero attached hydrogens (tertiary/aromatic N) is 2. The second-order valence-corrected chi connectivity index (χ2v) is 4.07. The third-order valence-electron chi connectivity index (χ3n) is 2.78. The van der Waals surface area contributed by atoms with Crippen molar-refractivity contribution in [1.29, 1.82) is 0 Å². The van der Waals surface area contributed by atoms with Crippen molar-refractivity contribution < 1.29 is 20.1 Å². The Balaban J connectivity index is 0.00000133. The van der Waals surface area contributed by atoms with Crippen molar-refractivity contribution in [3.8, 4) is 0 Å². The molecule has 1 heterocycles. The van der Waals surface area contributed by atoms with Crippen LogP contribution in [0.4, 0.5) is 5.69 Å². The Labute approximate surface area is 126 Å². The summed E-state index contributed by atoms with van der Waals surface area (Å²) in [6.45, 7) is 0. The second kappa shape index (κ2) is 6.02. The van der Waals surface area contributed by atoms with E-state index >= 15 is 0 Å². The van der Waals surface area contributed by atoms with Crippen molar-refractivity contribution in [3.05, 3.63) is 72.4 Å². The fourth-order valence-electron chi connectivity index (χ4n) is 1.90. The molecule has 19 heavy (non-hydrogen) atoms. The molecule has 0 fully saturated rings. The molecule has 1 aliphatic heterocycles. The van der Waals surface area contributed by atoms with E-state index < -0.39 is 0 Å². The number of hydrogen-bond donors (Lipinski definition) is 1. The Morgan fingerprint density at radius 1 is 1.00 bits per heavy atom. The fourth-order valence-corrected chi connectivity index (χ4v) is 1.90. The quantitative estimate of drug-likeness (QED) is 0.743. The monoisotopic (exact) mass is 428 g/mol. The molecule has 0 bridgehead atoms. The largest absolute Gasteiger partial charge is 0.396 e. The molecule has 0 saturated heterocycles. The van der Waals surface area contributed by atoms with Crippen molar-refractivity contribution in [3.63, 3.8) is 0 Å². The smallest absolute Gasteiger partial charge is 0.0225 e. The molecule has 0 unspecified atom stereocenters. The predicted octanol–water partition coefficient (Wildman–Crippen LogP) is 2.46. The predicted molar refractivity (Wildman–Crippen MR) is 71.7 cm³/mol. The van der Waals surface area contributed by atoms with Gasteiger partial charge in [0.15, 0.2) is 0 Å². The molecule has 3 rings (SSSR count). The van der Waals surface area contributed by atoms with Crippen LogP contribution in [-0.4, -0.2) is 12.1 Å². The van der Waals surface area contributed by atoms with Crippen molar-refractivity contribution in [1.82, 2.24) is 10.5 Å². The van der Waals surface area contributed by atoms with Crippen molar-refractivity contribution in [2.75, 3.05) is 12.1 Å². The molecule has 0 amide bonds. The SMILES string of the molecule is CN1NN(c2[c-]cccc2)[C-]=C1c1ccccc1.[Ir]. The Bertz CT molecular complexity index is 554. The Kier molecular flexibility index (Phi) is 4.38. The van der Waals surface area contributed by atoms with Gasteiger partial charge in [-0.3, -0.25) is 0 Å². The average Bonchev–Trinajstić information content (AvgIpc) is 2.83. The van der Waals surface area contributed by atoms with Gasteiger partial charge in [-0.05, 0) is 5.70 Å². The summed E-state index contributed by atoms with van der Waals surface area (Å²) in [6, 6.07) is 21.2. The maximum absolute atomic E-state index is 3.31. The van der Waals surface area contributed by atoms with Crippen LogP contribution in [0.1, 0.15) is 5.56 Å². The van der Waals surface area contributed by atoms with Gasteiger partial charge in [0.25, 0.3) is 0 Å². The van der Waals surface area contributed by atoms with Crippen molar-refractivity contribution in [2.24, 2.45) is 0 Å². The Morgan fingerprint density at radius 3 is 2.42 bits per heavy atom. The number of hydrogen-bond acceptors (Lipinski definition) is 3. The van der Waals surface area contributed by atoms with Gasteiger partial charge in [0.05, 0.1) is 0 Å². The maximum Gasteiger partial charge on any atom is 0.0225 e. The molecule has 0 spiro atoms. The minimum Gasteiger partial charge on any atom is -0.396 e. The summed E-state index contributed by atoms with van der Waals surface area (Å²) >= 11 is 0. The molecular formula is C15H13IrN3-2. The van der Waals surface area contributed by atoms with E-state index in [0.717, 1.165) is 16.9 Å². The zero-order valence-electron chi connectivity index (χ0n) is 10.4. The van der Waals surface area contributed by atoms with E-state index in [1.165, 1.54) is 0 Å². The summed E-state index contributed by atoms with van der Waals surface area (Å²) in [5, 5.41) is 3.78. The summed E-state index contributed by atoms with van der Waals surface area (Å²) in [5.74, 6) is 0. The molecule has 4 heteroatoms. The first kappa shape index (κ1) is 13.8. The number of anilines is 1. The van der Waals surface area contributed by atoms with E-state index in [9.17, 15) is 0 Å². The van der Waals surface area contributed by atoms with E-state index in [1.54, 1.807) is 0 Å². The first-order valence-electron chi connectivity index (χ1n) is 5.80. The minimum atomic E-state index is 0. The van der Waals surface area contributed by atoms with Gasteiger partial charge < -0.3 is 10.0 Å². The summed E-state index contributed by atoms with van der Waals surface area (Å²) in [7, 11) is 1.97. The summed E-state index contributed by atoms with van der Waals surface area (Å²) in [4.78, 5) is 0. The van der Waals surface area contributed by atoms with Gasteiger partial charge in [-0.1, -0.05) is 30.0 Å². The van der Waals surface area contributed by atoms with E-state index in [4.69, 9.17) is 0 Å². The number of nitrogens with one attached hydrogen (secondary N) is 1. The van der Waals surface area contributed by atoms with Gasteiger partial charge in [-0.2, -0.15) is 29.4 Å². The van der Waals surface area contributed by atoms with Crippen molar-refractivity contribution >= 4 is 11.4 Å². The van der Waals surface area contributed by atoms with Crippen molar-refractivity contribution in [2.45, 2.75) is 0 Å². The van der Waals surface area contributed by atoms with Gasteiger partial charge in [-0.15, -0.1) is 12.1 Å². The van der Waals surface area contributed by atoms with Crippen LogP contribution in [0.5, 0.6) is 0 Å².